The summed E-state index contributed by atoms with van der Waals surface area (Å²) < 4.78 is 0. The summed E-state index contributed by atoms with van der Waals surface area (Å²) in [5, 5.41) is 2.92. The van der Waals surface area contributed by atoms with E-state index in [0.29, 0.717) is 12.5 Å². The standard InChI is InChI=1S/C22H28N2O2/c1-15(2)19-6-8-21(9-7-19)24(18(5)25)11-10-22(26)23-20-13-16(3)12-17(4)14-20/h6-9,12-15H,10-11H2,1-5H3,(H,23,26). The number of carbonyl (C=O) groups is 2. The molecule has 0 unspecified atom stereocenters. The molecule has 0 aliphatic carbocycles. The van der Waals surface area contributed by atoms with Crippen LogP contribution in [0.25, 0.3) is 0 Å². The number of nitrogens with one attached hydrogen (secondary N) is 1. The third kappa shape index (κ3) is 5.45. The van der Waals surface area contributed by atoms with Gasteiger partial charge in [-0.2, -0.15) is 0 Å². The first-order chi connectivity index (χ1) is 12.3. The fourth-order valence-electron chi connectivity index (χ4n) is 2.99. The van der Waals surface area contributed by atoms with Crippen LogP contribution < -0.4 is 10.2 Å². The summed E-state index contributed by atoms with van der Waals surface area (Å²) in [5.74, 6) is 0.278. The minimum Gasteiger partial charge on any atom is -0.326 e. The molecule has 2 aromatic carbocycles. The van der Waals surface area contributed by atoms with Crippen LogP contribution in [-0.2, 0) is 9.59 Å². The summed E-state index contributed by atoms with van der Waals surface area (Å²) in [4.78, 5) is 25.9. The van der Waals surface area contributed by atoms with Crippen molar-refractivity contribution in [1.29, 1.82) is 0 Å². The molecule has 2 aromatic rings. The van der Waals surface area contributed by atoms with Gasteiger partial charge in [0.05, 0.1) is 0 Å². The Balaban J connectivity index is 2.01. The van der Waals surface area contributed by atoms with Crippen LogP contribution in [0.5, 0.6) is 0 Å². The lowest BCUT2D eigenvalue weighted by Gasteiger charge is -2.21. The number of amides is 2. The summed E-state index contributed by atoms with van der Waals surface area (Å²) in [7, 11) is 0. The summed E-state index contributed by atoms with van der Waals surface area (Å²) in [5.41, 5.74) is 5.06. The van der Waals surface area contributed by atoms with Crippen molar-refractivity contribution in [2.24, 2.45) is 0 Å². The van der Waals surface area contributed by atoms with Crippen LogP contribution in [-0.4, -0.2) is 18.4 Å². The highest BCUT2D eigenvalue weighted by molar-refractivity contribution is 5.94. The number of hydrogen-bond donors (Lipinski definition) is 1. The van der Waals surface area contributed by atoms with Crippen molar-refractivity contribution in [3.8, 4) is 0 Å². The van der Waals surface area contributed by atoms with Gasteiger partial charge >= 0.3 is 0 Å². The van der Waals surface area contributed by atoms with E-state index < -0.39 is 0 Å². The van der Waals surface area contributed by atoms with Crippen molar-refractivity contribution in [2.45, 2.75) is 47.0 Å². The predicted octanol–water partition coefficient (Wildman–Crippen LogP) is 4.81. The molecule has 0 aliphatic heterocycles. The summed E-state index contributed by atoms with van der Waals surface area (Å²) in [6, 6.07) is 13.9. The second-order valence-corrected chi connectivity index (χ2v) is 7.09. The number of aryl methyl sites for hydroxylation is 2. The minimum absolute atomic E-state index is 0.0681. The van der Waals surface area contributed by atoms with Crippen molar-refractivity contribution >= 4 is 23.2 Å². The van der Waals surface area contributed by atoms with Gasteiger partial charge < -0.3 is 10.2 Å². The van der Waals surface area contributed by atoms with Gasteiger partial charge in [0, 0.05) is 31.3 Å². The quantitative estimate of drug-likeness (QED) is 0.811. The zero-order valence-electron chi connectivity index (χ0n) is 16.3. The van der Waals surface area contributed by atoms with Crippen molar-refractivity contribution in [3.63, 3.8) is 0 Å². The molecular formula is C22H28N2O2. The molecule has 0 aromatic heterocycles. The maximum absolute atomic E-state index is 12.3. The van der Waals surface area contributed by atoms with E-state index in [1.165, 1.54) is 12.5 Å². The van der Waals surface area contributed by atoms with Crippen LogP contribution in [0.2, 0.25) is 0 Å². The maximum atomic E-state index is 12.3. The number of rotatable bonds is 6. The van der Waals surface area contributed by atoms with E-state index in [2.05, 4.69) is 25.2 Å². The largest absolute Gasteiger partial charge is 0.326 e. The van der Waals surface area contributed by atoms with Crippen molar-refractivity contribution in [2.75, 3.05) is 16.8 Å². The third-order valence-electron chi connectivity index (χ3n) is 4.32. The van der Waals surface area contributed by atoms with E-state index in [1.54, 1.807) is 4.90 Å². The summed E-state index contributed by atoms with van der Waals surface area (Å²) >= 11 is 0. The average Bonchev–Trinajstić information content (AvgIpc) is 2.54. The molecule has 2 rings (SSSR count). The molecule has 0 saturated heterocycles. The molecule has 0 aliphatic rings. The molecule has 0 radical (unpaired) electrons. The Kier molecular flexibility index (Phi) is 6.56. The van der Waals surface area contributed by atoms with Gasteiger partial charge in [-0.15, -0.1) is 0 Å². The zero-order valence-corrected chi connectivity index (χ0v) is 16.3. The second kappa shape index (κ2) is 8.65. The maximum Gasteiger partial charge on any atom is 0.226 e. The number of anilines is 2. The Morgan fingerprint density at radius 3 is 2.08 bits per heavy atom. The molecule has 1 N–H and O–H groups in total. The molecule has 0 atom stereocenters. The number of benzene rings is 2. The van der Waals surface area contributed by atoms with Crippen LogP contribution in [0, 0.1) is 13.8 Å². The minimum atomic E-state index is -0.0972. The van der Waals surface area contributed by atoms with E-state index in [0.717, 1.165) is 22.5 Å². The van der Waals surface area contributed by atoms with Crippen LogP contribution in [0.15, 0.2) is 42.5 Å². The summed E-state index contributed by atoms with van der Waals surface area (Å²) in [6.45, 7) is 10.2. The van der Waals surface area contributed by atoms with Gasteiger partial charge in [-0.05, 0) is 60.7 Å². The number of nitrogens with zero attached hydrogens (tertiary/aromatic N) is 1. The molecule has 0 heterocycles. The van der Waals surface area contributed by atoms with Gasteiger partial charge in [0.2, 0.25) is 11.8 Å². The highest BCUT2D eigenvalue weighted by atomic mass is 16.2. The molecule has 4 nitrogen and oxygen atoms in total. The van der Waals surface area contributed by atoms with Crippen LogP contribution in [0.3, 0.4) is 0 Å². The first kappa shape index (κ1) is 19.7. The Labute approximate surface area is 156 Å². The van der Waals surface area contributed by atoms with Crippen molar-refractivity contribution < 1.29 is 9.59 Å². The van der Waals surface area contributed by atoms with E-state index in [4.69, 9.17) is 0 Å². The van der Waals surface area contributed by atoms with Gasteiger partial charge in [0.25, 0.3) is 0 Å². The van der Waals surface area contributed by atoms with Gasteiger partial charge in [0.1, 0.15) is 0 Å². The Morgan fingerprint density at radius 1 is 1.00 bits per heavy atom. The van der Waals surface area contributed by atoms with Crippen molar-refractivity contribution in [1.82, 2.24) is 0 Å². The number of hydrogen-bond acceptors (Lipinski definition) is 2. The lowest BCUT2D eigenvalue weighted by atomic mass is 10.0. The van der Waals surface area contributed by atoms with Crippen LogP contribution in [0.1, 0.15) is 49.8 Å². The normalized spacial score (nSPS) is 10.7. The van der Waals surface area contributed by atoms with Gasteiger partial charge in [0.15, 0.2) is 0 Å². The molecule has 4 heteroatoms. The highest BCUT2D eigenvalue weighted by Gasteiger charge is 2.14. The Hall–Kier alpha value is -2.62. The van der Waals surface area contributed by atoms with E-state index in [1.807, 2.05) is 50.2 Å². The molecule has 0 spiro atoms. The van der Waals surface area contributed by atoms with Crippen molar-refractivity contribution in [3.05, 3.63) is 59.2 Å². The first-order valence-electron chi connectivity index (χ1n) is 9.02. The lowest BCUT2D eigenvalue weighted by Crippen LogP contribution is -2.32. The second-order valence-electron chi connectivity index (χ2n) is 7.09. The monoisotopic (exact) mass is 352 g/mol. The zero-order chi connectivity index (χ0) is 19.3. The van der Waals surface area contributed by atoms with Crippen LogP contribution in [0.4, 0.5) is 11.4 Å². The fourth-order valence-corrected chi connectivity index (χ4v) is 2.99. The average molecular weight is 352 g/mol. The first-order valence-corrected chi connectivity index (χ1v) is 9.02. The Bertz CT molecular complexity index is 759. The van der Waals surface area contributed by atoms with Gasteiger partial charge in [-0.1, -0.05) is 32.0 Å². The molecule has 0 bridgehead atoms. The smallest absolute Gasteiger partial charge is 0.226 e. The van der Waals surface area contributed by atoms with Crippen LogP contribution >= 0.6 is 0 Å². The predicted molar refractivity (Wildman–Crippen MR) is 108 cm³/mol. The SMILES string of the molecule is CC(=O)N(CCC(=O)Nc1cc(C)cc(C)c1)c1ccc(C(C)C)cc1. The molecule has 0 fully saturated rings. The molecule has 2 amide bonds. The Morgan fingerprint density at radius 2 is 1.58 bits per heavy atom. The number of carbonyl (C=O) groups excluding carboxylic acids is 2. The third-order valence-corrected chi connectivity index (χ3v) is 4.32. The molecule has 0 saturated carbocycles. The molecule has 26 heavy (non-hydrogen) atoms. The highest BCUT2D eigenvalue weighted by Crippen LogP contribution is 2.21. The van der Waals surface area contributed by atoms with E-state index in [9.17, 15) is 9.59 Å². The van der Waals surface area contributed by atoms with E-state index >= 15 is 0 Å². The fraction of sp³-hybridized carbons (Fsp3) is 0.364. The topological polar surface area (TPSA) is 49.4 Å². The summed E-state index contributed by atoms with van der Waals surface area (Å²) in [6.07, 6.45) is 0.249. The lowest BCUT2D eigenvalue weighted by molar-refractivity contribution is -0.117. The van der Waals surface area contributed by atoms with Gasteiger partial charge in [-0.3, -0.25) is 9.59 Å². The molecule has 138 valence electrons. The van der Waals surface area contributed by atoms with Gasteiger partial charge in [-0.25, -0.2) is 0 Å². The molecular weight excluding hydrogens is 324 g/mol. The van der Waals surface area contributed by atoms with E-state index in [-0.39, 0.29) is 18.2 Å².